The molecule has 1 amide bonds. The van der Waals surface area contributed by atoms with Crippen LogP contribution < -0.4 is 5.32 Å². The van der Waals surface area contributed by atoms with Crippen molar-refractivity contribution in [1.29, 1.82) is 0 Å². The van der Waals surface area contributed by atoms with E-state index in [1.54, 1.807) is 6.20 Å². The van der Waals surface area contributed by atoms with Gasteiger partial charge >= 0.3 is 0 Å². The van der Waals surface area contributed by atoms with Gasteiger partial charge in [-0.05, 0) is 81.3 Å². The standard InChI is InChI=1S/C26H29FN4O2/c1-16-13-19(20-11-12-28-23(14-20)29-25(33)18-6-7-18)8-5-17(16)9-10-22(32)24-21(27)15-31(30-24)26(2,3)4/h5,8,11-15,18H,6-7,9-10H2,1-4H3,(H,28,29,33). The fourth-order valence-electron chi connectivity index (χ4n) is 3.66. The minimum absolute atomic E-state index is 0.0274. The summed E-state index contributed by atoms with van der Waals surface area (Å²) in [4.78, 5) is 28.9. The van der Waals surface area contributed by atoms with Crippen LogP contribution in [-0.2, 0) is 16.8 Å². The zero-order valence-corrected chi connectivity index (χ0v) is 19.5. The van der Waals surface area contributed by atoms with Crippen LogP contribution in [0.2, 0.25) is 0 Å². The Kier molecular flexibility index (Phi) is 6.15. The number of pyridine rings is 1. The van der Waals surface area contributed by atoms with Gasteiger partial charge < -0.3 is 5.32 Å². The maximum absolute atomic E-state index is 14.3. The number of rotatable bonds is 7. The first-order valence-corrected chi connectivity index (χ1v) is 11.3. The van der Waals surface area contributed by atoms with E-state index in [-0.39, 0.29) is 35.3 Å². The first-order valence-electron chi connectivity index (χ1n) is 11.3. The Hall–Kier alpha value is -3.35. The van der Waals surface area contributed by atoms with E-state index >= 15 is 0 Å². The van der Waals surface area contributed by atoms with E-state index in [1.165, 1.54) is 10.9 Å². The van der Waals surface area contributed by atoms with Gasteiger partial charge in [-0.1, -0.05) is 18.2 Å². The van der Waals surface area contributed by atoms with Gasteiger partial charge in [-0.2, -0.15) is 5.10 Å². The van der Waals surface area contributed by atoms with Crippen LogP contribution in [0, 0.1) is 18.7 Å². The Morgan fingerprint density at radius 3 is 2.52 bits per heavy atom. The molecule has 33 heavy (non-hydrogen) atoms. The number of amides is 1. The van der Waals surface area contributed by atoms with Crippen molar-refractivity contribution in [1.82, 2.24) is 14.8 Å². The first kappa shape index (κ1) is 22.8. The average molecular weight is 449 g/mol. The molecule has 172 valence electrons. The lowest BCUT2D eigenvalue weighted by molar-refractivity contribution is -0.117. The fourth-order valence-corrected chi connectivity index (χ4v) is 3.66. The number of carbonyl (C=O) groups is 2. The third-order valence-corrected chi connectivity index (χ3v) is 5.88. The maximum atomic E-state index is 14.3. The Morgan fingerprint density at radius 1 is 1.15 bits per heavy atom. The lowest BCUT2D eigenvalue weighted by Crippen LogP contribution is -2.22. The van der Waals surface area contributed by atoms with Crippen molar-refractivity contribution in [2.45, 2.75) is 58.9 Å². The molecule has 1 aromatic carbocycles. The first-order chi connectivity index (χ1) is 15.6. The molecular formula is C26H29FN4O2. The van der Waals surface area contributed by atoms with Gasteiger partial charge in [0, 0.05) is 18.5 Å². The highest BCUT2D eigenvalue weighted by molar-refractivity contribution is 5.94. The molecule has 6 nitrogen and oxygen atoms in total. The second-order valence-corrected chi connectivity index (χ2v) is 9.70. The highest BCUT2D eigenvalue weighted by Gasteiger charge is 2.29. The predicted octanol–water partition coefficient (Wildman–Crippen LogP) is 5.31. The SMILES string of the molecule is Cc1cc(-c2ccnc(NC(=O)C3CC3)c2)ccc1CCC(=O)c1nn(C(C)(C)C)cc1F. The third-order valence-electron chi connectivity index (χ3n) is 5.88. The highest BCUT2D eigenvalue weighted by atomic mass is 19.1. The molecule has 0 atom stereocenters. The van der Waals surface area contributed by atoms with Gasteiger partial charge in [0.15, 0.2) is 17.3 Å². The van der Waals surface area contributed by atoms with Crippen molar-refractivity contribution in [2.75, 3.05) is 5.32 Å². The normalized spacial score (nSPS) is 13.7. The van der Waals surface area contributed by atoms with Gasteiger partial charge in [-0.3, -0.25) is 14.3 Å². The van der Waals surface area contributed by atoms with Crippen molar-refractivity contribution in [3.05, 3.63) is 65.4 Å². The molecule has 1 N–H and O–H groups in total. The average Bonchev–Trinajstić information content (AvgIpc) is 3.53. The van der Waals surface area contributed by atoms with Crippen molar-refractivity contribution >= 4 is 17.5 Å². The number of nitrogens with zero attached hydrogens (tertiary/aromatic N) is 3. The van der Waals surface area contributed by atoms with E-state index in [0.29, 0.717) is 12.2 Å². The molecule has 1 aliphatic carbocycles. The number of carbonyl (C=O) groups excluding carboxylic acids is 2. The number of halogens is 1. The number of benzene rings is 1. The second-order valence-electron chi connectivity index (χ2n) is 9.70. The van der Waals surface area contributed by atoms with Crippen molar-refractivity contribution in [2.24, 2.45) is 5.92 Å². The van der Waals surface area contributed by atoms with Crippen LogP contribution in [0.15, 0.2) is 42.7 Å². The van der Waals surface area contributed by atoms with Crippen LogP contribution in [0.5, 0.6) is 0 Å². The van der Waals surface area contributed by atoms with Crippen LogP contribution in [0.4, 0.5) is 10.2 Å². The largest absolute Gasteiger partial charge is 0.310 e. The van der Waals surface area contributed by atoms with E-state index < -0.39 is 5.82 Å². The number of ketones is 1. The van der Waals surface area contributed by atoms with E-state index in [2.05, 4.69) is 21.5 Å². The number of hydrogen-bond donors (Lipinski definition) is 1. The molecule has 0 bridgehead atoms. The smallest absolute Gasteiger partial charge is 0.228 e. The summed E-state index contributed by atoms with van der Waals surface area (Å²) in [5, 5.41) is 7.05. The topological polar surface area (TPSA) is 76.9 Å². The quantitative estimate of drug-likeness (QED) is 0.497. The summed E-state index contributed by atoms with van der Waals surface area (Å²) in [7, 11) is 0. The zero-order valence-electron chi connectivity index (χ0n) is 19.5. The van der Waals surface area contributed by atoms with Gasteiger partial charge in [-0.15, -0.1) is 0 Å². The van der Waals surface area contributed by atoms with Crippen LogP contribution in [-0.4, -0.2) is 26.5 Å². The number of aromatic nitrogens is 3. The number of Topliss-reactive ketones (excluding diaryl/α,β-unsaturated/α-hetero) is 1. The van der Waals surface area contributed by atoms with Crippen LogP contribution >= 0.6 is 0 Å². The zero-order chi connectivity index (χ0) is 23.8. The summed E-state index contributed by atoms with van der Waals surface area (Å²) < 4.78 is 15.8. The fraction of sp³-hybridized carbons (Fsp3) is 0.385. The Morgan fingerprint density at radius 2 is 1.88 bits per heavy atom. The molecule has 1 saturated carbocycles. The van der Waals surface area contributed by atoms with Gasteiger partial charge in [-0.25, -0.2) is 9.37 Å². The minimum Gasteiger partial charge on any atom is -0.310 e. The number of hydrogen-bond acceptors (Lipinski definition) is 4. The number of nitrogens with one attached hydrogen (secondary N) is 1. The Bertz CT molecular complexity index is 1210. The van der Waals surface area contributed by atoms with Crippen LogP contribution in [0.3, 0.4) is 0 Å². The summed E-state index contributed by atoms with van der Waals surface area (Å²) in [6, 6.07) is 9.80. The monoisotopic (exact) mass is 448 g/mol. The lowest BCUT2D eigenvalue weighted by atomic mass is 9.97. The van der Waals surface area contributed by atoms with Gasteiger partial charge in [0.1, 0.15) is 5.82 Å². The molecule has 0 spiro atoms. The molecular weight excluding hydrogens is 419 g/mol. The van der Waals surface area contributed by atoms with E-state index in [4.69, 9.17) is 0 Å². The van der Waals surface area contributed by atoms with Gasteiger partial charge in [0.05, 0.1) is 11.7 Å². The van der Waals surface area contributed by atoms with Crippen LogP contribution in [0.25, 0.3) is 11.1 Å². The summed E-state index contributed by atoms with van der Waals surface area (Å²) in [6.07, 6.45) is 5.55. The highest BCUT2D eigenvalue weighted by Crippen LogP contribution is 2.31. The summed E-state index contributed by atoms with van der Waals surface area (Å²) in [5.41, 5.74) is 3.54. The summed E-state index contributed by atoms with van der Waals surface area (Å²) in [6.45, 7) is 7.72. The molecule has 4 rings (SSSR count). The number of aryl methyl sites for hydroxylation is 2. The summed E-state index contributed by atoms with van der Waals surface area (Å²) in [5.74, 6) is -0.183. The summed E-state index contributed by atoms with van der Waals surface area (Å²) >= 11 is 0. The predicted molar refractivity (Wildman–Crippen MR) is 126 cm³/mol. The molecule has 1 fully saturated rings. The lowest BCUT2D eigenvalue weighted by Gasteiger charge is -2.18. The van der Waals surface area contributed by atoms with Crippen molar-refractivity contribution < 1.29 is 14.0 Å². The van der Waals surface area contributed by atoms with Crippen molar-refractivity contribution in [3.63, 3.8) is 0 Å². The number of anilines is 1. The van der Waals surface area contributed by atoms with Gasteiger partial charge in [0.25, 0.3) is 0 Å². The van der Waals surface area contributed by atoms with E-state index in [0.717, 1.165) is 35.1 Å². The van der Waals surface area contributed by atoms with Gasteiger partial charge in [0.2, 0.25) is 5.91 Å². The molecule has 0 aliphatic heterocycles. The molecule has 2 heterocycles. The molecule has 0 unspecified atom stereocenters. The van der Waals surface area contributed by atoms with E-state index in [1.807, 2.05) is 52.0 Å². The molecule has 7 heteroatoms. The second kappa shape index (κ2) is 8.89. The Labute approximate surface area is 193 Å². The van der Waals surface area contributed by atoms with Crippen molar-refractivity contribution in [3.8, 4) is 11.1 Å². The minimum atomic E-state index is -0.579. The van der Waals surface area contributed by atoms with E-state index in [9.17, 15) is 14.0 Å². The Balaban J connectivity index is 1.43. The molecule has 3 aromatic rings. The molecule has 2 aromatic heterocycles. The molecule has 0 saturated heterocycles. The van der Waals surface area contributed by atoms with Crippen LogP contribution in [0.1, 0.15) is 61.6 Å². The molecule has 1 aliphatic rings. The molecule has 0 radical (unpaired) electrons. The third kappa shape index (κ3) is 5.35. The maximum Gasteiger partial charge on any atom is 0.228 e.